The summed E-state index contributed by atoms with van der Waals surface area (Å²) in [7, 11) is 3.49. The Labute approximate surface area is 170 Å². The standard InChI is InChI=1S/C23H24N2O4/c1-4-6-16-11-17(19(26)13-21(16)27-3)23-18(14-25(2)24-23)15-7-8-20-22(12-15)29-10-5-9-28-20/h5,7-9,11-14,26H,4,6,10H2,1-3H3. The fourth-order valence-corrected chi connectivity index (χ4v) is 3.54. The zero-order valence-corrected chi connectivity index (χ0v) is 16.8. The molecule has 0 unspecified atom stereocenters. The van der Waals surface area contributed by atoms with Crippen molar-refractivity contribution in [3.63, 3.8) is 0 Å². The van der Waals surface area contributed by atoms with E-state index in [0.29, 0.717) is 35.1 Å². The topological polar surface area (TPSA) is 65.7 Å². The molecule has 2 heterocycles. The first-order chi connectivity index (χ1) is 14.1. The van der Waals surface area contributed by atoms with Gasteiger partial charge in [0.2, 0.25) is 0 Å². The molecule has 29 heavy (non-hydrogen) atoms. The number of ether oxygens (including phenoxy) is 3. The van der Waals surface area contributed by atoms with Crippen molar-refractivity contribution in [3.8, 4) is 45.4 Å². The first-order valence-electron chi connectivity index (χ1n) is 9.63. The number of fused-ring (bicyclic) bond motifs is 1. The lowest BCUT2D eigenvalue weighted by Gasteiger charge is -2.13. The van der Waals surface area contributed by atoms with Crippen LogP contribution < -0.4 is 14.2 Å². The first kappa shape index (κ1) is 18.9. The van der Waals surface area contributed by atoms with Gasteiger partial charge in [0.05, 0.1) is 13.4 Å². The van der Waals surface area contributed by atoms with Crippen LogP contribution in [-0.4, -0.2) is 28.6 Å². The molecule has 0 fully saturated rings. The van der Waals surface area contributed by atoms with Crippen molar-refractivity contribution in [2.45, 2.75) is 19.8 Å². The van der Waals surface area contributed by atoms with E-state index in [1.54, 1.807) is 24.1 Å². The summed E-state index contributed by atoms with van der Waals surface area (Å²) in [6.45, 7) is 2.57. The fourth-order valence-electron chi connectivity index (χ4n) is 3.54. The van der Waals surface area contributed by atoms with Crippen LogP contribution in [0.3, 0.4) is 0 Å². The molecular formula is C23H24N2O4. The van der Waals surface area contributed by atoms with Crippen molar-refractivity contribution in [2.24, 2.45) is 7.05 Å². The minimum Gasteiger partial charge on any atom is -0.507 e. The summed E-state index contributed by atoms with van der Waals surface area (Å²) in [5, 5.41) is 15.3. The zero-order chi connectivity index (χ0) is 20.4. The van der Waals surface area contributed by atoms with Crippen LogP contribution in [0.4, 0.5) is 0 Å². The maximum atomic E-state index is 10.7. The molecule has 0 radical (unpaired) electrons. The lowest BCUT2D eigenvalue weighted by molar-refractivity contribution is 0.356. The predicted molar refractivity (Wildman–Crippen MR) is 112 cm³/mol. The van der Waals surface area contributed by atoms with Crippen LogP contribution in [0, 0.1) is 0 Å². The van der Waals surface area contributed by atoms with E-state index in [-0.39, 0.29) is 5.75 Å². The van der Waals surface area contributed by atoms with Gasteiger partial charge in [-0.25, -0.2) is 0 Å². The summed E-state index contributed by atoms with van der Waals surface area (Å²) in [5.74, 6) is 2.17. The van der Waals surface area contributed by atoms with E-state index in [0.717, 1.165) is 29.5 Å². The summed E-state index contributed by atoms with van der Waals surface area (Å²) >= 11 is 0. The highest BCUT2D eigenvalue weighted by molar-refractivity contribution is 5.84. The van der Waals surface area contributed by atoms with Crippen LogP contribution in [0.2, 0.25) is 0 Å². The smallest absolute Gasteiger partial charge is 0.168 e. The second-order valence-corrected chi connectivity index (χ2v) is 6.96. The van der Waals surface area contributed by atoms with Crippen molar-refractivity contribution >= 4 is 0 Å². The van der Waals surface area contributed by atoms with Gasteiger partial charge in [0.15, 0.2) is 11.5 Å². The SMILES string of the molecule is CCCc1cc(-c2nn(C)cc2-c2ccc3c(c2)OCC=CO3)c(O)cc1OC. The number of aromatic nitrogens is 2. The fraction of sp³-hybridized carbons (Fsp3) is 0.261. The molecule has 1 N–H and O–H groups in total. The van der Waals surface area contributed by atoms with E-state index in [9.17, 15) is 5.11 Å². The van der Waals surface area contributed by atoms with E-state index in [2.05, 4.69) is 12.0 Å². The highest BCUT2D eigenvalue weighted by Gasteiger charge is 2.20. The van der Waals surface area contributed by atoms with Gasteiger partial charge < -0.3 is 19.3 Å². The maximum Gasteiger partial charge on any atom is 0.168 e. The van der Waals surface area contributed by atoms with E-state index >= 15 is 0 Å². The lowest BCUT2D eigenvalue weighted by atomic mass is 9.97. The van der Waals surface area contributed by atoms with Crippen molar-refractivity contribution < 1.29 is 19.3 Å². The molecule has 6 heteroatoms. The minimum absolute atomic E-state index is 0.139. The number of nitrogens with zero attached hydrogens (tertiary/aromatic N) is 2. The van der Waals surface area contributed by atoms with Crippen LogP contribution in [-0.2, 0) is 13.5 Å². The highest BCUT2D eigenvalue weighted by Crippen LogP contribution is 2.41. The minimum atomic E-state index is 0.139. The Balaban J connectivity index is 1.83. The lowest BCUT2D eigenvalue weighted by Crippen LogP contribution is -1.95. The molecule has 0 saturated carbocycles. The van der Waals surface area contributed by atoms with Crippen LogP contribution in [0.5, 0.6) is 23.0 Å². The van der Waals surface area contributed by atoms with Gasteiger partial charge >= 0.3 is 0 Å². The molecule has 6 nitrogen and oxygen atoms in total. The second-order valence-electron chi connectivity index (χ2n) is 6.96. The molecule has 0 atom stereocenters. The molecule has 0 saturated heterocycles. The number of phenols is 1. The molecule has 0 aliphatic carbocycles. The van der Waals surface area contributed by atoms with Crippen molar-refractivity contribution in [3.05, 3.63) is 54.4 Å². The van der Waals surface area contributed by atoms with Gasteiger partial charge in [0.1, 0.15) is 23.8 Å². The number of phenolic OH excluding ortho intramolecular Hbond substituents is 1. The van der Waals surface area contributed by atoms with E-state index in [4.69, 9.17) is 14.2 Å². The Hall–Kier alpha value is -3.41. The highest BCUT2D eigenvalue weighted by atomic mass is 16.5. The van der Waals surface area contributed by atoms with Gasteiger partial charge in [0, 0.05) is 30.4 Å². The monoisotopic (exact) mass is 392 g/mol. The normalized spacial score (nSPS) is 12.7. The number of hydrogen-bond donors (Lipinski definition) is 1. The van der Waals surface area contributed by atoms with Crippen LogP contribution in [0.25, 0.3) is 22.4 Å². The number of aryl methyl sites for hydroxylation is 2. The molecule has 3 aromatic rings. The molecule has 0 spiro atoms. The van der Waals surface area contributed by atoms with Gasteiger partial charge in [-0.2, -0.15) is 5.10 Å². The summed E-state index contributed by atoms with van der Waals surface area (Å²) < 4.78 is 18.5. The number of aromatic hydroxyl groups is 1. The quantitative estimate of drug-likeness (QED) is 0.681. The summed E-state index contributed by atoms with van der Waals surface area (Å²) in [5.41, 5.74) is 4.27. The molecule has 0 bridgehead atoms. The van der Waals surface area contributed by atoms with Crippen molar-refractivity contribution in [2.75, 3.05) is 13.7 Å². The predicted octanol–water partition coefficient (Wildman–Crippen LogP) is 4.71. The Kier molecular flexibility index (Phi) is 5.16. The molecule has 2 aromatic carbocycles. The number of methoxy groups -OCH3 is 1. The van der Waals surface area contributed by atoms with Gasteiger partial charge in [0.25, 0.3) is 0 Å². The Morgan fingerprint density at radius 2 is 2.03 bits per heavy atom. The largest absolute Gasteiger partial charge is 0.507 e. The van der Waals surface area contributed by atoms with Crippen LogP contribution in [0.15, 0.2) is 48.9 Å². The average Bonchev–Trinajstić information content (AvgIpc) is 2.95. The number of rotatable bonds is 5. The maximum absolute atomic E-state index is 10.7. The van der Waals surface area contributed by atoms with Gasteiger partial charge in [-0.05, 0) is 41.8 Å². The summed E-state index contributed by atoms with van der Waals surface area (Å²) in [4.78, 5) is 0. The van der Waals surface area contributed by atoms with Crippen molar-refractivity contribution in [1.82, 2.24) is 9.78 Å². The molecule has 1 aliphatic heterocycles. The molecule has 1 aliphatic rings. The number of hydrogen-bond acceptors (Lipinski definition) is 5. The third-order valence-corrected chi connectivity index (χ3v) is 4.88. The Morgan fingerprint density at radius 3 is 2.83 bits per heavy atom. The third kappa shape index (κ3) is 3.66. The zero-order valence-electron chi connectivity index (χ0n) is 16.8. The molecular weight excluding hydrogens is 368 g/mol. The van der Waals surface area contributed by atoms with Gasteiger partial charge in [-0.3, -0.25) is 4.68 Å². The Morgan fingerprint density at radius 1 is 1.17 bits per heavy atom. The number of benzene rings is 2. The average molecular weight is 392 g/mol. The van der Waals surface area contributed by atoms with Crippen molar-refractivity contribution in [1.29, 1.82) is 0 Å². The second kappa shape index (κ2) is 7.91. The van der Waals surface area contributed by atoms with Gasteiger partial charge in [-0.15, -0.1) is 0 Å². The third-order valence-electron chi connectivity index (χ3n) is 4.88. The van der Waals surface area contributed by atoms with Crippen LogP contribution in [0.1, 0.15) is 18.9 Å². The first-order valence-corrected chi connectivity index (χ1v) is 9.63. The molecule has 4 rings (SSSR count). The molecule has 150 valence electrons. The molecule has 0 amide bonds. The molecule has 1 aromatic heterocycles. The van der Waals surface area contributed by atoms with E-state index in [1.807, 2.05) is 43.6 Å². The summed E-state index contributed by atoms with van der Waals surface area (Å²) in [6.07, 6.45) is 7.23. The van der Waals surface area contributed by atoms with E-state index in [1.165, 1.54) is 0 Å². The van der Waals surface area contributed by atoms with Gasteiger partial charge in [-0.1, -0.05) is 19.4 Å². The van der Waals surface area contributed by atoms with Crippen LogP contribution >= 0.6 is 0 Å². The van der Waals surface area contributed by atoms with E-state index < -0.39 is 0 Å². The summed E-state index contributed by atoms with van der Waals surface area (Å²) in [6, 6.07) is 9.42. The Bertz CT molecular complexity index is 1070.